The predicted octanol–water partition coefficient (Wildman–Crippen LogP) is 2.52. The smallest absolute Gasteiger partial charge is 0.309 e. The minimum atomic E-state index is -0.701. The van der Waals surface area contributed by atoms with Gasteiger partial charge in [0.1, 0.15) is 17.9 Å². The normalized spacial score (nSPS) is 13.7. The quantitative estimate of drug-likeness (QED) is 0.589. The molecule has 1 unspecified atom stereocenters. The molecule has 0 aliphatic carbocycles. The summed E-state index contributed by atoms with van der Waals surface area (Å²) >= 11 is 0. The molecule has 2 atom stereocenters. The van der Waals surface area contributed by atoms with Crippen LogP contribution in [0.1, 0.15) is 18.9 Å². The van der Waals surface area contributed by atoms with E-state index in [9.17, 15) is 18.4 Å². The summed E-state index contributed by atoms with van der Waals surface area (Å²) in [5, 5.41) is 0. The molecule has 0 heterocycles. The van der Waals surface area contributed by atoms with Crippen molar-refractivity contribution in [3.8, 4) is 0 Å². The topological polar surface area (TPSA) is 43.4 Å². The van der Waals surface area contributed by atoms with Crippen LogP contribution in [0.4, 0.5) is 8.78 Å². The summed E-state index contributed by atoms with van der Waals surface area (Å²) in [4.78, 5) is 22.3. The molecule has 0 N–H and O–H groups in total. The maximum atomic E-state index is 13.5. The molecule has 5 heteroatoms. The summed E-state index contributed by atoms with van der Waals surface area (Å²) in [7, 11) is 1.24. The highest BCUT2D eigenvalue weighted by Crippen LogP contribution is 2.20. The number of aldehydes is 1. The molecule has 0 aromatic heterocycles. The maximum absolute atomic E-state index is 13.5. The lowest BCUT2D eigenvalue weighted by molar-refractivity contribution is -0.146. The maximum Gasteiger partial charge on any atom is 0.309 e. The van der Waals surface area contributed by atoms with Gasteiger partial charge in [-0.05, 0) is 24.5 Å². The standard InChI is InChI=1S/C14H16F2O3/c1-9(8-17)5-11(14(18)19-2)6-10-3-4-12(15)7-13(10)16/h3-4,7-9,11H,5-6H2,1-2H3/t9?,11-/m1/s1. The van der Waals surface area contributed by atoms with E-state index >= 15 is 0 Å². The van der Waals surface area contributed by atoms with Gasteiger partial charge in [-0.25, -0.2) is 8.78 Å². The Balaban J connectivity index is 2.87. The summed E-state index contributed by atoms with van der Waals surface area (Å²) in [6, 6.07) is 3.20. The second-order valence-electron chi connectivity index (χ2n) is 4.51. The van der Waals surface area contributed by atoms with E-state index in [0.29, 0.717) is 0 Å². The molecule has 0 aliphatic heterocycles. The first-order valence-corrected chi connectivity index (χ1v) is 5.95. The summed E-state index contributed by atoms with van der Waals surface area (Å²) < 4.78 is 31.0. The van der Waals surface area contributed by atoms with E-state index in [1.54, 1.807) is 6.92 Å². The molecule has 0 bridgehead atoms. The van der Waals surface area contributed by atoms with Gasteiger partial charge < -0.3 is 9.53 Å². The van der Waals surface area contributed by atoms with Gasteiger partial charge in [0.15, 0.2) is 0 Å². The van der Waals surface area contributed by atoms with Gasteiger partial charge in [0.05, 0.1) is 13.0 Å². The third-order valence-electron chi connectivity index (χ3n) is 2.90. The molecule has 0 aliphatic rings. The van der Waals surface area contributed by atoms with Crippen LogP contribution in [0.25, 0.3) is 0 Å². The lowest BCUT2D eigenvalue weighted by atomic mass is 9.90. The van der Waals surface area contributed by atoms with Gasteiger partial charge in [-0.2, -0.15) is 0 Å². The molecule has 0 spiro atoms. The Hall–Kier alpha value is -1.78. The Bertz CT molecular complexity index is 460. The first kappa shape index (κ1) is 15.3. The highest BCUT2D eigenvalue weighted by molar-refractivity contribution is 5.73. The van der Waals surface area contributed by atoms with Crippen molar-refractivity contribution in [3.63, 3.8) is 0 Å². The molecule has 0 fully saturated rings. The van der Waals surface area contributed by atoms with Crippen LogP contribution < -0.4 is 0 Å². The van der Waals surface area contributed by atoms with E-state index in [-0.39, 0.29) is 24.3 Å². The number of halogens is 2. The number of ether oxygens (including phenoxy) is 1. The molecule has 1 aromatic carbocycles. The van der Waals surface area contributed by atoms with Crippen LogP contribution in [0.3, 0.4) is 0 Å². The van der Waals surface area contributed by atoms with Crippen molar-refractivity contribution < 1.29 is 23.1 Å². The van der Waals surface area contributed by atoms with Gasteiger partial charge >= 0.3 is 5.97 Å². The molecule has 0 amide bonds. The highest BCUT2D eigenvalue weighted by Gasteiger charge is 2.23. The number of carbonyl (C=O) groups is 2. The van der Waals surface area contributed by atoms with Crippen LogP contribution in [0, 0.1) is 23.5 Å². The Kier molecular flexibility index (Phi) is 5.60. The van der Waals surface area contributed by atoms with Crippen molar-refractivity contribution >= 4 is 12.3 Å². The zero-order valence-corrected chi connectivity index (χ0v) is 10.9. The third-order valence-corrected chi connectivity index (χ3v) is 2.90. The number of benzene rings is 1. The lowest BCUT2D eigenvalue weighted by Gasteiger charge is -2.16. The summed E-state index contributed by atoms with van der Waals surface area (Å²) in [5.41, 5.74) is 0.231. The molecular formula is C14H16F2O3. The number of carbonyl (C=O) groups excluding carboxylic acids is 2. The Morgan fingerprint density at radius 3 is 2.63 bits per heavy atom. The van der Waals surface area contributed by atoms with Gasteiger partial charge in [-0.1, -0.05) is 13.0 Å². The number of esters is 1. The number of hydrogen-bond donors (Lipinski definition) is 0. The van der Waals surface area contributed by atoms with Gasteiger partial charge in [-0.3, -0.25) is 4.79 Å². The van der Waals surface area contributed by atoms with Crippen LogP contribution in [-0.2, 0) is 20.7 Å². The molecule has 0 radical (unpaired) electrons. The van der Waals surface area contributed by atoms with E-state index in [1.165, 1.54) is 13.2 Å². The fourth-order valence-corrected chi connectivity index (χ4v) is 1.89. The SMILES string of the molecule is COC(=O)[C@@H](Cc1ccc(F)cc1F)CC(C)C=O. The molecule has 104 valence electrons. The second kappa shape index (κ2) is 6.97. The van der Waals surface area contributed by atoms with Crippen LogP contribution in [0.5, 0.6) is 0 Å². The zero-order valence-electron chi connectivity index (χ0n) is 10.9. The van der Waals surface area contributed by atoms with Crippen LogP contribution in [0.15, 0.2) is 18.2 Å². The van der Waals surface area contributed by atoms with Crippen molar-refractivity contribution in [2.24, 2.45) is 11.8 Å². The van der Waals surface area contributed by atoms with Gasteiger partial charge in [-0.15, -0.1) is 0 Å². The molecule has 1 aromatic rings. The summed E-state index contributed by atoms with van der Waals surface area (Å²) in [6.45, 7) is 1.67. The number of methoxy groups -OCH3 is 1. The Labute approximate surface area is 110 Å². The predicted molar refractivity (Wildman–Crippen MR) is 65.4 cm³/mol. The average molecular weight is 270 g/mol. The van der Waals surface area contributed by atoms with Gasteiger partial charge in [0, 0.05) is 12.0 Å². The van der Waals surface area contributed by atoms with Crippen LogP contribution >= 0.6 is 0 Å². The van der Waals surface area contributed by atoms with E-state index in [2.05, 4.69) is 4.74 Å². The van der Waals surface area contributed by atoms with Crippen molar-refractivity contribution in [1.82, 2.24) is 0 Å². The first-order chi connectivity index (χ1) is 8.97. The van der Waals surface area contributed by atoms with Crippen LogP contribution in [-0.4, -0.2) is 19.4 Å². The van der Waals surface area contributed by atoms with Gasteiger partial charge in [0.25, 0.3) is 0 Å². The molecule has 0 saturated carbocycles. The number of rotatable bonds is 6. The lowest BCUT2D eigenvalue weighted by Crippen LogP contribution is -2.22. The highest BCUT2D eigenvalue weighted by atomic mass is 19.1. The van der Waals surface area contributed by atoms with Crippen molar-refractivity contribution in [3.05, 3.63) is 35.4 Å². The Morgan fingerprint density at radius 2 is 2.11 bits per heavy atom. The monoisotopic (exact) mass is 270 g/mol. The van der Waals surface area contributed by atoms with Gasteiger partial charge in [0.2, 0.25) is 0 Å². The fraction of sp³-hybridized carbons (Fsp3) is 0.429. The van der Waals surface area contributed by atoms with Crippen LogP contribution in [0.2, 0.25) is 0 Å². The first-order valence-electron chi connectivity index (χ1n) is 5.95. The zero-order chi connectivity index (χ0) is 14.4. The van der Waals surface area contributed by atoms with Crippen molar-refractivity contribution in [2.75, 3.05) is 7.11 Å². The largest absolute Gasteiger partial charge is 0.469 e. The third kappa shape index (κ3) is 4.43. The van der Waals surface area contributed by atoms with Crippen molar-refractivity contribution in [2.45, 2.75) is 19.8 Å². The molecule has 1 rings (SSSR count). The molecular weight excluding hydrogens is 254 g/mol. The second-order valence-corrected chi connectivity index (χ2v) is 4.51. The molecule has 19 heavy (non-hydrogen) atoms. The Morgan fingerprint density at radius 1 is 1.42 bits per heavy atom. The molecule has 3 nitrogen and oxygen atoms in total. The van der Waals surface area contributed by atoms with E-state index < -0.39 is 23.5 Å². The average Bonchev–Trinajstić information content (AvgIpc) is 2.39. The minimum Gasteiger partial charge on any atom is -0.469 e. The summed E-state index contributed by atoms with van der Waals surface area (Å²) in [6.07, 6.45) is 1.08. The van der Waals surface area contributed by atoms with E-state index in [0.717, 1.165) is 18.4 Å². The molecule has 0 saturated heterocycles. The fourth-order valence-electron chi connectivity index (χ4n) is 1.89. The van der Waals surface area contributed by atoms with E-state index in [1.807, 2.05) is 0 Å². The summed E-state index contributed by atoms with van der Waals surface area (Å²) in [5.74, 6) is -2.82. The number of hydrogen-bond acceptors (Lipinski definition) is 3. The van der Waals surface area contributed by atoms with Crippen molar-refractivity contribution in [1.29, 1.82) is 0 Å². The minimum absolute atomic E-state index is 0.0803. The van der Waals surface area contributed by atoms with E-state index in [4.69, 9.17) is 0 Å².